The van der Waals surface area contributed by atoms with E-state index in [4.69, 9.17) is 4.74 Å². The van der Waals surface area contributed by atoms with Gasteiger partial charge in [-0.25, -0.2) is 0 Å². The average Bonchev–Trinajstić information content (AvgIpc) is 2.72. The van der Waals surface area contributed by atoms with E-state index in [-0.39, 0.29) is 0 Å². The topological polar surface area (TPSA) is 21.6 Å². The second kappa shape index (κ2) is 8.72. The molecular formula is C24H17Br2NO. The zero-order valence-corrected chi connectivity index (χ0v) is 18.2. The Balaban J connectivity index is 1.41. The Morgan fingerprint density at radius 2 is 1.57 bits per heavy atom. The summed E-state index contributed by atoms with van der Waals surface area (Å²) in [5.41, 5.74) is 3.08. The molecule has 0 atom stereocenters. The largest absolute Gasteiger partial charge is 0.489 e. The average molecular weight is 495 g/mol. The highest BCUT2D eigenvalue weighted by Gasteiger charge is 2.02. The minimum atomic E-state index is 0.512. The van der Waals surface area contributed by atoms with E-state index >= 15 is 0 Å². The first-order valence-corrected chi connectivity index (χ1v) is 10.5. The number of aliphatic imine (C=N–C) groups is 1. The predicted octanol–water partition coefficient (Wildman–Crippen LogP) is 7.69. The molecule has 0 saturated heterocycles. The molecule has 0 N–H and O–H groups in total. The van der Waals surface area contributed by atoms with Crippen LogP contribution in [0, 0.1) is 0 Å². The van der Waals surface area contributed by atoms with Crippen LogP contribution in [-0.2, 0) is 6.61 Å². The van der Waals surface area contributed by atoms with Gasteiger partial charge in [0.05, 0.1) is 5.69 Å². The third-order valence-electron chi connectivity index (χ3n) is 4.39. The van der Waals surface area contributed by atoms with E-state index < -0.39 is 0 Å². The minimum absolute atomic E-state index is 0.512. The summed E-state index contributed by atoms with van der Waals surface area (Å²) in [4.78, 5) is 4.59. The Morgan fingerprint density at radius 3 is 2.36 bits per heavy atom. The molecule has 0 aliphatic carbocycles. The van der Waals surface area contributed by atoms with Crippen molar-refractivity contribution in [3.8, 4) is 5.75 Å². The molecule has 0 spiro atoms. The molecule has 0 radical (unpaired) electrons. The van der Waals surface area contributed by atoms with Crippen molar-refractivity contribution in [1.82, 2.24) is 0 Å². The normalized spacial score (nSPS) is 11.2. The summed E-state index contributed by atoms with van der Waals surface area (Å²) in [5, 5.41) is 2.42. The van der Waals surface area contributed by atoms with Crippen LogP contribution < -0.4 is 4.74 Å². The van der Waals surface area contributed by atoms with E-state index in [1.165, 1.54) is 10.8 Å². The monoisotopic (exact) mass is 493 g/mol. The van der Waals surface area contributed by atoms with Crippen LogP contribution in [0.15, 0.2) is 98.9 Å². The zero-order valence-electron chi connectivity index (χ0n) is 15.0. The van der Waals surface area contributed by atoms with E-state index in [1.807, 2.05) is 66.9 Å². The molecule has 0 unspecified atom stereocenters. The molecule has 0 amide bonds. The molecule has 4 aromatic carbocycles. The summed E-state index contributed by atoms with van der Waals surface area (Å²) in [6.07, 6.45) is 1.87. The van der Waals surface area contributed by atoms with E-state index in [0.29, 0.717) is 6.61 Å². The third kappa shape index (κ3) is 4.70. The van der Waals surface area contributed by atoms with Crippen LogP contribution in [0.2, 0.25) is 0 Å². The lowest BCUT2D eigenvalue weighted by Gasteiger charge is -2.08. The number of nitrogens with zero attached hydrogens (tertiary/aromatic N) is 1. The van der Waals surface area contributed by atoms with E-state index in [9.17, 15) is 0 Å². The van der Waals surface area contributed by atoms with Crippen LogP contribution in [0.3, 0.4) is 0 Å². The number of hydrogen-bond acceptors (Lipinski definition) is 2. The smallest absolute Gasteiger partial charge is 0.119 e. The Bertz CT molecular complexity index is 1140. The molecule has 2 nitrogen and oxygen atoms in total. The van der Waals surface area contributed by atoms with Crippen LogP contribution >= 0.6 is 31.9 Å². The number of fused-ring (bicyclic) bond motifs is 1. The molecular weight excluding hydrogens is 478 g/mol. The quantitative estimate of drug-likeness (QED) is 0.260. The van der Waals surface area contributed by atoms with Crippen molar-refractivity contribution in [2.75, 3.05) is 0 Å². The molecule has 4 heteroatoms. The second-order valence-electron chi connectivity index (χ2n) is 6.38. The second-order valence-corrected chi connectivity index (χ2v) is 8.15. The van der Waals surface area contributed by atoms with Crippen molar-refractivity contribution >= 4 is 54.5 Å². The van der Waals surface area contributed by atoms with Crippen molar-refractivity contribution < 1.29 is 4.74 Å². The third-order valence-corrected chi connectivity index (χ3v) is 5.62. The standard InChI is InChI=1S/C24H17Br2NO/c25-21-9-7-20(24(26)14-21)16-28-23-11-5-17(6-12-23)15-27-22-10-8-18-3-1-2-4-19(18)13-22/h1-15H,16H2. The molecule has 28 heavy (non-hydrogen) atoms. The fourth-order valence-electron chi connectivity index (χ4n) is 2.86. The SMILES string of the molecule is Brc1ccc(COc2ccc(C=Nc3ccc4ccccc4c3)cc2)c(Br)c1. The van der Waals surface area contributed by atoms with E-state index in [2.05, 4.69) is 61.1 Å². The molecule has 0 bridgehead atoms. The maximum atomic E-state index is 5.89. The number of hydrogen-bond donors (Lipinski definition) is 0. The first kappa shape index (κ1) is 18.9. The van der Waals surface area contributed by atoms with Gasteiger partial charge in [0.2, 0.25) is 0 Å². The minimum Gasteiger partial charge on any atom is -0.489 e. The van der Waals surface area contributed by atoms with Gasteiger partial charge in [0.15, 0.2) is 0 Å². The number of ether oxygens (including phenoxy) is 1. The Morgan fingerprint density at radius 1 is 0.786 bits per heavy atom. The molecule has 4 rings (SSSR count). The molecule has 0 heterocycles. The highest BCUT2D eigenvalue weighted by Crippen LogP contribution is 2.24. The highest BCUT2D eigenvalue weighted by molar-refractivity contribution is 9.11. The van der Waals surface area contributed by atoms with Crippen molar-refractivity contribution in [3.63, 3.8) is 0 Å². The maximum absolute atomic E-state index is 5.89. The van der Waals surface area contributed by atoms with Crippen LogP contribution in [0.5, 0.6) is 5.75 Å². The fourth-order valence-corrected chi connectivity index (χ4v) is 4.02. The van der Waals surface area contributed by atoms with Crippen LogP contribution in [0.4, 0.5) is 5.69 Å². The Kier molecular flexibility index (Phi) is 5.89. The van der Waals surface area contributed by atoms with Gasteiger partial charge >= 0.3 is 0 Å². The first-order chi connectivity index (χ1) is 13.7. The van der Waals surface area contributed by atoms with Crippen LogP contribution in [-0.4, -0.2) is 6.21 Å². The zero-order chi connectivity index (χ0) is 19.3. The van der Waals surface area contributed by atoms with Crippen LogP contribution in [0.25, 0.3) is 10.8 Å². The molecule has 0 aliphatic rings. The molecule has 0 aliphatic heterocycles. The fraction of sp³-hybridized carbons (Fsp3) is 0.0417. The number of rotatable bonds is 5. The first-order valence-electron chi connectivity index (χ1n) is 8.87. The van der Waals surface area contributed by atoms with Gasteiger partial charge in [0.25, 0.3) is 0 Å². The lowest BCUT2D eigenvalue weighted by atomic mass is 10.1. The summed E-state index contributed by atoms with van der Waals surface area (Å²) in [5.74, 6) is 0.831. The summed E-state index contributed by atoms with van der Waals surface area (Å²) >= 11 is 7.02. The molecule has 0 aromatic heterocycles. The Labute approximate surface area is 181 Å². The summed E-state index contributed by atoms with van der Waals surface area (Å²) in [6.45, 7) is 0.512. The van der Waals surface area contributed by atoms with Gasteiger partial charge in [-0.15, -0.1) is 0 Å². The van der Waals surface area contributed by atoms with Gasteiger partial charge in [0.1, 0.15) is 12.4 Å². The van der Waals surface area contributed by atoms with Gasteiger partial charge in [-0.2, -0.15) is 0 Å². The van der Waals surface area contributed by atoms with Gasteiger partial charge < -0.3 is 4.74 Å². The van der Waals surface area contributed by atoms with Crippen LogP contribution in [0.1, 0.15) is 11.1 Å². The van der Waals surface area contributed by atoms with Crippen molar-refractivity contribution in [3.05, 3.63) is 105 Å². The van der Waals surface area contributed by atoms with E-state index in [1.54, 1.807) is 0 Å². The maximum Gasteiger partial charge on any atom is 0.119 e. The van der Waals surface area contributed by atoms with Crippen molar-refractivity contribution in [2.24, 2.45) is 4.99 Å². The van der Waals surface area contributed by atoms with Gasteiger partial charge in [-0.05, 0) is 64.9 Å². The highest BCUT2D eigenvalue weighted by atomic mass is 79.9. The van der Waals surface area contributed by atoms with Crippen molar-refractivity contribution in [2.45, 2.75) is 6.61 Å². The summed E-state index contributed by atoms with van der Waals surface area (Å²) in [7, 11) is 0. The van der Waals surface area contributed by atoms with Gasteiger partial charge in [-0.1, -0.05) is 68.3 Å². The molecule has 0 saturated carbocycles. The van der Waals surface area contributed by atoms with Crippen molar-refractivity contribution in [1.29, 1.82) is 0 Å². The summed E-state index contributed by atoms with van der Waals surface area (Å²) < 4.78 is 7.96. The predicted molar refractivity (Wildman–Crippen MR) is 124 cm³/mol. The number of halogens is 2. The lowest BCUT2D eigenvalue weighted by Crippen LogP contribution is -1.96. The molecule has 4 aromatic rings. The molecule has 138 valence electrons. The van der Waals surface area contributed by atoms with Gasteiger partial charge in [0, 0.05) is 20.7 Å². The number of benzene rings is 4. The van der Waals surface area contributed by atoms with Gasteiger partial charge in [-0.3, -0.25) is 4.99 Å². The Hall–Kier alpha value is -2.43. The molecule has 0 fully saturated rings. The van der Waals surface area contributed by atoms with E-state index in [0.717, 1.165) is 31.5 Å². The lowest BCUT2D eigenvalue weighted by molar-refractivity contribution is 0.305. The summed E-state index contributed by atoms with van der Waals surface area (Å²) in [6, 6.07) is 28.5.